The van der Waals surface area contributed by atoms with Crippen LogP contribution in [0.5, 0.6) is 0 Å². The van der Waals surface area contributed by atoms with Crippen molar-refractivity contribution in [1.29, 1.82) is 0 Å². The topological polar surface area (TPSA) is 77.3 Å². The number of pyridine rings is 1. The Morgan fingerprint density at radius 1 is 1.55 bits per heavy atom. The van der Waals surface area contributed by atoms with Crippen molar-refractivity contribution in [1.82, 2.24) is 4.98 Å². The van der Waals surface area contributed by atoms with Gasteiger partial charge >= 0.3 is 5.69 Å². The van der Waals surface area contributed by atoms with Crippen LogP contribution in [0.1, 0.15) is 32.9 Å². The maximum Gasteiger partial charge on any atom is 0.311 e. The Balaban J connectivity index is 2.16. The molecule has 0 radical (unpaired) electrons. The Bertz CT molecular complexity index is 516. The molecule has 1 aromatic heterocycles. The van der Waals surface area contributed by atoms with Crippen LogP contribution >= 0.6 is 0 Å². The van der Waals surface area contributed by atoms with Crippen molar-refractivity contribution < 1.29 is 9.66 Å². The number of aromatic nitrogens is 1. The van der Waals surface area contributed by atoms with Gasteiger partial charge in [-0.1, -0.05) is 13.8 Å². The van der Waals surface area contributed by atoms with Gasteiger partial charge in [-0.15, -0.1) is 0 Å². The lowest BCUT2D eigenvalue weighted by Gasteiger charge is -2.51. The summed E-state index contributed by atoms with van der Waals surface area (Å²) in [5, 5.41) is 14.3. The highest BCUT2D eigenvalue weighted by Crippen LogP contribution is 2.44. The Labute approximate surface area is 118 Å². The molecule has 0 aliphatic heterocycles. The van der Waals surface area contributed by atoms with Gasteiger partial charge in [-0.3, -0.25) is 10.1 Å². The summed E-state index contributed by atoms with van der Waals surface area (Å²) in [5.41, 5.74) is 0.720. The molecule has 2 unspecified atom stereocenters. The molecule has 0 aromatic carbocycles. The van der Waals surface area contributed by atoms with Crippen molar-refractivity contribution in [3.8, 4) is 0 Å². The maximum atomic E-state index is 11.0. The zero-order chi connectivity index (χ0) is 14.9. The summed E-state index contributed by atoms with van der Waals surface area (Å²) in [6, 6.07) is 3.28. The Kier molecular flexibility index (Phi) is 3.94. The van der Waals surface area contributed by atoms with E-state index < -0.39 is 4.92 Å². The Morgan fingerprint density at radius 2 is 2.25 bits per heavy atom. The third kappa shape index (κ3) is 2.60. The van der Waals surface area contributed by atoms with Crippen molar-refractivity contribution in [3.05, 3.63) is 27.9 Å². The van der Waals surface area contributed by atoms with Crippen molar-refractivity contribution >= 4 is 11.5 Å². The van der Waals surface area contributed by atoms with Crippen molar-refractivity contribution in [2.45, 2.75) is 46.3 Å². The minimum absolute atomic E-state index is 0.0197. The number of nitrogens with one attached hydrogen (secondary N) is 1. The normalized spacial score (nSPS) is 24.0. The van der Waals surface area contributed by atoms with Crippen molar-refractivity contribution in [3.63, 3.8) is 0 Å². The summed E-state index contributed by atoms with van der Waals surface area (Å²) in [5.74, 6) is 0.350. The van der Waals surface area contributed by atoms with Crippen LogP contribution in [0.3, 0.4) is 0 Å². The molecule has 1 saturated carbocycles. The summed E-state index contributed by atoms with van der Waals surface area (Å²) in [7, 11) is 0. The standard InChI is InChI=1S/C14H21N3O3/c1-5-20-12-8-11(14(12,3)4)16-13-10(17(18)19)7-6-9(2)15-13/h6-7,11-12H,5,8H2,1-4H3,(H,15,16). The lowest BCUT2D eigenvalue weighted by molar-refractivity contribution is -0.384. The molecular formula is C14H21N3O3. The third-order valence-electron chi connectivity index (χ3n) is 4.07. The molecule has 20 heavy (non-hydrogen) atoms. The molecule has 2 rings (SSSR count). The van der Waals surface area contributed by atoms with Crippen LogP contribution in [0.25, 0.3) is 0 Å². The first-order chi connectivity index (χ1) is 9.36. The molecule has 0 bridgehead atoms. The van der Waals surface area contributed by atoms with Crippen molar-refractivity contribution in [2.24, 2.45) is 5.41 Å². The fourth-order valence-corrected chi connectivity index (χ4v) is 2.58. The fourth-order valence-electron chi connectivity index (χ4n) is 2.58. The summed E-state index contributed by atoms with van der Waals surface area (Å²) in [6.07, 6.45) is 1.03. The number of aryl methyl sites for hydroxylation is 1. The molecular weight excluding hydrogens is 258 g/mol. The Morgan fingerprint density at radius 3 is 2.80 bits per heavy atom. The highest BCUT2D eigenvalue weighted by molar-refractivity contribution is 5.57. The minimum atomic E-state index is -0.402. The van der Waals surface area contributed by atoms with E-state index in [0.29, 0.717) is 12.4 Å². The minimum Gasteiger partial charge on any atom is -0.378 e. The molecule has 1 aliphatic carbocycles. The summed E-state index contributed by atoms with van der Waals surface area (Å²) < 4.78 is 5.67. The van der Waals surface area contributed by atoms with Crippen LogP contribution in [0.4, 0.5) is 11.5 Å². The quantitative estimate of drug-likeness (QED) is 0.662. The van der Waals surface area contributed by atoms with Gasteiger partial charge in [-0.05, 0) is 26.3 Å². The largest absolute Gasteiger partial charge is 0.378 e. The van der Waals surface area contributed by atoms with Crippen molar-refractivity contribution in [2.75, 3.05) is 11.9 Å². The van der Waals surface area contributed by atoms with Gasteiger partial charge < -0.3 is 10.1 Å². The Hall–Kier alpha value is -1.69. The number of hydrogen-bond acceptors (Lipinski definition) is 5. The predicted octanol–water partition coefficient (Wildman–Crippen LogP) is 2.91. The van der Waals surface area contributed by atoms with Gasteiger partial charge in [0.1, 0.15) is 0 Å². The molecule has 0 amide bonds. The van der Waals surface area contributed by atoms with Crippen LogP contribution in [-0.2, 0) is 4.74 Å². The number of hydrogen-bond donors (Lipinski definition) is 1. The van der Waals surface area contributed by atoms with Crippen LogP contribution < -0.4 is 5.32 Å². The molecule has 0 spiro atoms. The molecule has 1 aromatic rings. The van der Waals surface area contributed by atoms with Crippen LogP contribution in [0.2, 0.25) is 0 Å². The molecule has 1 heterocycles. The number of rotatable bonds is 5. The van der Waals surface area contributed by atoms with Gasteiger partial charge in [0.2, 0.25) is 5.82 Å². The molecule has 6 heteroatoms. The van der Waals surface area contributed by atoms with Gasteiger partial charge in [0.15, 0.2) is 0 Å². The van der Waals surface area contributed by atoms with E-state index in [0.717, 1.165) is 12.1 Å². The van der Waals surface area contributed by atoms with Gasteiger partial charge in [0.05, 0.1) is 11.0 Å². The number of nitro groups is 1. The van der Waals surface area contributed by atoms with E-state index in [2.05, 4.69) is 24.1 Å². The highest BCUT2D eigenvalue weighted by atomic mass is 16.6. The molecule has 1 N–H and O–H groups in total. The lowest BCUT2D eigenvalue weighted by Crippen LogP contribution is -2.58. The van der Waals surface area contributed by atoms with E-state index in [1.165, 1.54) is 6.07 Å². The fraction of sp³-hybridized carbons (Fsp3) is 0.643. The van der Waals surface area contributed by atoms with Crippen LogP contribution in [-0.4, -0.2) is 28.7 Å². The first-order valence-corrected chi connectivity index (χ1v) is 6.86. The molecule has 1 fully saturated rings. The maximum absolute atomic E-state index is 11.0. The summed E-state index contributed by atoms with van der Waals surface area (Å²) in [4.78, 5) is 14.9. The average Bonchev–Trinajstić information content (AvgIpc) is 2.37. The lowest BCUT2D eigenvalue weighted by atomic mass is 9.64. The van der Waals surface area contributed by atoms with Gasteiger partial charge in [-0.25, -0.2) is 4.98 Å². The second-order valence-corrected chi connectivity index (χ2v) is 5.78. The summed E-state index contributed by atoms with van der Waals surface area (Å²) >= 11 is 0. The first kappa shape index (κ1) is 14.7. The first-order valence-electron chi connectivity index (χ1n) is 6.86. The summed E-state index contributed by atoms with van der Waals surface area (Å²) in [6.45, 7) is 8.70. The van der Waals surface area contributed by atoms with Gasteiger partial charge in [0, 0.05) is 29.8 Å². The SMILES string of the molecule is CCOC1CC(Nc2nc(C)ccc2[N+](=O)[O-])C1(C)C. The zero-order valence-corrected chi connectivity index (χ0v) is 12.3. The smallest absolute Gasteiger partial charge is 0.311 e. The van der Waals surface area contributed by atoms with E-state index in [1.807, 2.05) is 13.8 Å². The highest BCUT2D eigenvalue weighted by Gasteiger charge is 2.49. The second kappa shape index (κ2) is 5.36. The van der Waals surface area contributed by atoms with Gasteiger partial charge in [-0.2, -0.15) is 0 Å². The van der Waals surface area contributed by atoms with E-state index in [4.69, 9.17) is 4.74 Å². The number of ether oxygens (including phenoxy) is 1. The number of nitrogens with zero attached hydrogens (tertiary/aromatic N) is 2. The monoisotopic (exact) mass is 279 g/mol. The second-order valence-electron chi connectivity index (χ2n) is 5.78. The van der Waals surface area contributed by atoms with E-state index >= 15 is 0 Å². The van der Waals surface area contributed by atoms with Crippen LogP contribution in [0, 0.1) is 22.5 Å². The average molecular weight is 279 g/mol. The van der Waals surface area contributed by atoms with E-state index in [9.17, 15) is 10.1 Å². The molecule has 0 saturated heterocycles. The number of anilines is 1. The van der Waals surface area contributed by atoms with Gasteiger partial charge in [0.25, 0.3) is 0 Å². The zero-order valence-electron chi connectivity index (χ0n) is 12.3. The molecule has 2 atom stereocenters. The van der Waals surface area contributed by atoms with Crippen LogP contribution in [0.15, 0.2) is 12.1 Å². The van der Waals surface area contributed by atoms with E-state index in [1.54, 1.807) is 6.07 Å². The van der Waals surface area contributed by atoms with E-state index in [-0.39, 0.29) is 23.2 Å². The molecule has 110 valence electrons. The molecule has 1 aliphatic rings. The molecule has 6 nitrogen and oxygen atoms in total. The third-order valence-corrected chi connectivity index (χ3v) is 4.07. The predicted molar refractivity (Wildman–Crippen MR) is 76.9 cm³/mol.